The summed E-state index contributed by atoms with van der Waals surface area (Å²) in [6.45, 7) is 1.74. The molecule has 29 heavy (non-hydrogen) atoms. The molecular formula is C22H23NO5S. The predicted molar refractivity (Wildman–Crippen MR) is 113 cm³/mol. The maximum atomic E-state index is 12.8. The Morgan fingerprint density at radius 2 is 1.72 bits per heavy atom. The third-order valence-electron chi connectivity index (χ3n) is 4.87. The van der Waals surface area contributed by atoms with E-state index in [-0.39, 0.29) is 13.0 Å². The Balaban J connectivity index is 1.83. The maximum Gasteiger partial charge on any atom is 0.319 e. The van der Waals surface area contributed by atoms with Gasteiger partial charge < -0.3 is 19.9 Å². The van der Waals surface area contributed by atoms with Crippen LogP contribution >= 0.6 is 11.3 Å². The third-order valence-corrected chi connectivity index (χ3v) is 5.97. The summed E-state index contributed by atoms with van der Waals surface area (Å²) in [5, 5.41) is 13.5. The van der Waals surface area contributed by atoms with Crippen LogP contribution in [-0.2, 0) is 22.6 Å². The van der Waals surface area contributed by atoms with Crippen LogP contribution in [0.1, 0.15) is 17.4 Å². The molecule has 6 nitrogen and oxygen atoms in total. The zero-order valence-electron chi connectivity index (χ0n) is 16.5. The van der Waals surface area contributed by atoms with E-state index in [0.717, 1.165) is 20.5 Å². The van der Waals surface area contributed by atoms with E-state index in [1.165, 1.54) is 18.3 Å². The number of benzene rings is 2. The molecule has 0 aliphatic rings. The van der Waals surface area contributed by atoms with Gasteiger partial charge in [0.05, 0.1) is 14.2 Å². The van der Waals surface area contributed by atoms with Crippen molar-refractivity contribution >= 4 is 33.3 Å². The fourth-order valence-corrected chi connectivity index (χ4v) is 4.31. The van der Waals surface area contributed by atoms with Crippen LogP contribution in [0.5, 0.6) is 11.5 Å². The molecule has 2 N–H and O–H groups in total. The smallest absolute Gasteiger partial charge is 0.319 e. The number of amides is 1. The number of methoxy groups -OCH3 is 2. The standard InChI is InChI=1S/C22H23NO5S/c1-22(21(25)26,20(24)23-13-14-7-5-4-6-8-14)12-16-9-15-10-17(27-2)18(28-3)11-19(15)29-16/h4-11H,12-13H2,1-3H3,(H,23,24)(H,25,26). The number of fused-ring (bicyclic) bond motifs is 1. The first-order chi connectivity index (χ1) is 13.9. The van der Waals surface area contributed by atoms with Gasteiger partial charge in [0.25, 0.3) is 0 Å². The van der Waals surface area contributed by atoms with Crippen LogP contribution in [-0.4, -0.2) is 31.2 Å². The number of carbonyl (C=O) groups excluding carboxylic acids is 1. The van der Waals surface area contributed by atoms with E-state index in [9.17, 15) is 14.7 Å². The quantitative estimate of drug-likeness (QED) is 0.548. The zero-order valence-corrected chi connectivity index (χ0v) is 17.3. The van der Waals surface area contributed by atoms with E-state index in [1.807, 2.05) is 48.5 Å². The molecule has 1 atom stereocenters. The van der Waals surface area contributed by atoms with Crippen molar-refractivity contribution in [3.05, 3.63) is 59.0 Å². The van der Waals surface area contributed by atoms with Gasteiger partial charge in [0, 0.05) is 28.6 Å². The zero-order chi connectivity index (χ0) is 21.0. The van der Waals surface area contributed by atoms with Crippen LogP contribution < -0.4 is 14.8 Å². The lowest BCUT2D eigenvalue weighted by atomic mass is 9.85. The fraction of sp³-hybridized carbons (Fsp3) is 0.273. The number of hydrogen-bond acceptors (Lipinski definition) is 5. The molecule has 1 heterocycles. The van der Waals surface area contributed by atoms with Gasteiger partial charge in [0.15, 0.2) is 11.5 Å². The molecule has 2 aromatic carbocycles. The highest BCUT2D eigenvalue weighted by atomic mass is 32.1. The summed E-state index contributed by atoms with van der Waals surface area (Å²) in [4.78, 5) is 25.6. The first-order valence-corrected chi connectivity index (χ1v) is 9.89. The first kappa shape index (κ1) is 20.7. The highest BCUT2D eigenvalue weighted by molar-refractivity contribution is 7.19. The molecule has 1 aromatic heterocycles. The molecular weight excluding hydrogens is 390 g/mol. The van der Waals surface area contributed by atoms with Gasteiger partial charge in [0.1, 0.15) is 5.41 Å². The summed E-state index contributed by atoms with van der Waals surface area (Å²) in [5.74, 6) is -0.460. The third kappa shape index (κ3) is 4.35. The van der Waals surface area contributed by atoms with Gasteiger partial charge in [0.2, 0.25) is 5.91 Å². The second-order valence-corrected chi connectivity index (χ2v) is 8.11. The van der Waals surface area contributed by atoms with E-state index >= 15 is 0 Å². The molecule has 0 bridgehead atoms. The molecule has 7 heteroatoms. The summed E-state index contributed by atoms with van der Waals surface area (Å²) in [6, 6.07) is 15.0. The molecule has 0 saturated carbocycles. The number of aliphatic carboxylic acids is 1. The van der Waals surface area contributed by atoms with E-state index in [2.05, 4.69) is 5.32 Å². The second-order valence-electron chi connectivity index (χ2n) is 6.94. The number of rotatable bonds is 8. The Morgan fingerprint density at radius 3 is 2.34 bits per heavy atom. The average Bonchev–Trinajstić information content (AvgIpc) is 3.12. The highest BCUT2D eigenvalue weighted by Crippen LogP contribution is 2.38. The van der Waals surface area contributed by atoms with Crippen molar-refractivity contribution in [3.8, 4) is 11.5 Å². The van der Waals surface area contributed by atoms with Crippen molar-refractivity contribution in [2.75, 3.05) is 14.2 Å². The van der Waals surface area contributed by atoms with E-state index in [0.29, 0.717) is 11.5 Å². The fourth-order valence-electron chi connectivity index (χ4n) is 3.08. The SMILES string of the molecule is COc1cc2cc(CC(C)(C(=O)O)C(=O)NCc3ccccc3)sc2cc1OC. The Labute approximate surface area is 173 Å². The molecule has 3 rings (SSSR count). The Bertz CT molecular complexity index is 989. The number of hydrogen-bond donors (Lipinski definition) is 2. The topological polar surface area (TPSA) is 84.9 Å². The van der Waals surface area contributed by atoms with Crippen molar-refractivity contribution in [3.63, 3.8) is 0 Å². The summed E-state index contributed by atoms with van der Waals surface area (Å²) >= 11 is 1.44. The predicted octanol–water partition coefficient (Wildman–Crippen LogP) is 3.87. The number of carboxylic acid groups (broad SMARTS) is 1. The monoisotopic (exact) mass is 413 g/mol. The van der Waals surface area contributed by atoms with Crippen LogP contribution in [0.25, 0.3) is 10.1 Å². The number of thiophene rings is 1. The molecule has 0 radical (unpaired) electrons. The Morgan fingerprint density at radius 1 is 1.07 bits per heavy atom. The summed E-state index contributed by atoms with van der Waals surface area (Å²) < 4.78 is 11.6. The lowest BCUT2D eigenvalue weighted by Crippen LogP contribution is -2.45. The largest absolute Gasteiger partial charge is 0.493 e. The van der Waals surface area contributed by atoms with Crippen molar-refractivity contribution < 1.29 is 24.2 Å². The van der Waals surface area contributed by atoms with Gasteiger partial charge in [-0.25, -0.2) is 0 Å². The lowest BCUT2D eigenvalue weighted by molar-refractivity contribution is -0.154. The number of nitrogens with one attached hydrogen (secondary N) is 1. The van der Waals surface area contributed by atoms with Gasteiger partial charge in [-0.1, -0.05) is 30.3 Å². The summed E-state index contributed by atoms with van der Waals surface area (Å²) in [5.41, 5.74) is -0.668. The average molecular weight is 413 g/mol. The van der Waals surface area contributed by atoms with Gasteiger partial charge in [-0.15, -0.1) is 11.3 Å². The van der Waals surface area contributed by atoms with Gasteiger partial charge in [-0.05, 0) is 30.0 Å². The molecule has 152 valence electrons. The highest BCUT2D eigenvalue weighted by Gasteiger charge is 2.41. The van der Waals surface area contributed by atoms with E-state index in [1.54, 1.807) is 14.2 Å². The van der Waals surface area contributed by atoms with Gasteiger partial charge >= 0.3 is 5.97 Å². The van der Waals surface area contributed by atoms with Crippen LogP contribution in [0.15, 0.2) is 48.5 Å². The molecule has 0 aliphatic heterocycles. The number of ether oxygens (including phenoxy) is 2. The van der Waals surface area contributed by atoms with Crippen molar-refractivity contribution in [2.45, 2.75) is 19.9 Å². The van der Waals surface area contributed by atoms with Crippen LogP contribution in [0, 0.1) is 5.41 Å². The molecule has 1 unspecified atom stereocenters. The van der Waals surface area contributed by atoms with Crippen molar-refractivity contribution in [1.29, 1.82) is 0 Å². The normalized spacial score (nSPS) is 12.9. The minimum absolute atomic E-state index is 0.0902. The van der Waals surface area contributed by atoms with Crippen LogP contribution in [0.4, 0.5) is 0 Å². The van der Waals surface area contributed by atoms with E-state index in [4.69, 9.17) is 9.47 Å². The maximum absolute atomic E-state index is 12.8. The second kappa shape index (κ2) is 8.53. The summed E-state index contributed by atoms with van der Waals surface area (Å²) in [7, 11) is 3.13. The van der Waals surface area contributed by atoms with Crippen molar-refractivity contribution in [2.24, 2.45) is 5.41 Å². The number of carbonyl (C=O) groups is 2. The lowest BCUT2D eigenvalue weighted by Gasteiger charge is -2.23. The first-order valence-electron chi connectivity index (χ1n) is 9.07. The Hall–Kier alpha value is -3.06. The van der Waals surface area contributed by atoms with Gasteiger partial charge in [-0.2, -0.15) is 0 Å². The molecule has 0 fully saturated rings. The van der Waals surface area contributed by atoms with Crippen LogP contribution in [0.2, 0.25) is 0 Å². The number of carboxylic acids is 1. The van der Waals surface area contributed by atoms with Crippen molar-refractivity contribution in [1.82, 2.24) is 5.32 Å². The minimum atomic E-state index is -1.58. The summed E-state index contributed by atoms with van der Waals surface area (Å²) in [6.07, 6.45) is 0.0902. The minimum Gasteiger partial charge on any atom is -0.493 e. The van der Waals surface area contributed by atoms with E-state index < -0.39 is 17.3 Å². The van der Waals surface area contributed by atoms with Crippen LogP contribution in [0.3, 0.4) is 0 Å². The molecule has 3 aromatic rings. The molecule has 0 spiro atoms. The Kier molecular flexibility index (Phi) is 6.08. The molecule has 1 amide bonds. The van der Waals surface area contributed by atoms with Gasteiger partial charge in [-0.3, -0.25) is 9.59 Å². The molecule has 0 aliphatic carbocycles. The molecule has 0 saturated heterocycles.